The number of halogens is 1. The second kappa shape index (κ2) is 6.40. The highest BCUT2D eigenvalue weighted by molar-refractivity contribution is 9.08. The number of hydrogen-bond donors (Lipinski definition) is 0. The van der Waals surface area contributed by atoms with E-state index in [0.717, 1.165) is 16.5 Å². The molecule has 4 nitrogen and oxygen atoms in total. The van der Waals surface area contributed by atoms with Crippen molar-refractivity contribution < 1.29 is 9.47 Å². The first-order chi connectivity index (χ1) is 9.66. The highest BCUT2D eigenvalue weighted by atomic mass is 79.9. The number of methoxy groups -OCH3 is 1. The molecule has 0 aliphatic rings. The summed E-state index contributed by atoms with van der Waals surface area (Å²) < 4.78 is 10.9. The van der Waals surface area contributed by atoms with Crippen LogP contribution in [0.25, 0.3) is 0 Å². The normalized spacial score (nSPS) is 9.90. The van der Waals surface area contributed by atoms with Crippen molar-refractivity contribution in [2.24, 2.45) is 0 Å². The lowest BCUT2D eigenvalue weighted by Crippen LogP contribution is -1.94. The van der Waals surface area contributed by atoms with Gasteiger partial charge in [-0.15, -0.1) is 0 Å². The summed E-state index contributed by atoms with van der Waals surface area (Å²) in [5.41, 5.74) is 2.50. The summed E-state index contributed by atoms with van der Waals surface area (Å²) in [5, 5.41) is 9.74. The van der Waals surface area contributed by atoms with Crippen LogP contribution in [0.3, 0.4) is 0 Å². The number of pyridine rings is 1. The Morgan fingerprint density at radius 1 is 1.25 bits per heavy atom. The molecule has 5 heteroatoms. The second-order valence-corrected chi connectivity index (χ2v) is 4.77. The molecular formula is C15H13BrN2O2. The Kier molecular flexibility index (Phi) is 4.59. The van der Waals surface area contributed by atoms with Gasteiger partial charge in [0.1, 0.15) is 11.5 Å². The number of nitrogens with zero attached hydrogens (tertiary/aromatic N) is 2. The maximum atomic E-state index is 8.99. The predicted molar refractivity (Wildman–Crippen MR) is 79.4 cm³/mol. The molecule has 1 aromatic carbocycles. The van der Waals surface area contributed by atoms with E-state index in [1.807, 2.05) is 13.0 Å². The first-order valence-electron chi connectivity index (χ1n) is 5.94. The van der Waals surface area contributed by atoms with Gasteiger partial charge in [0.2, 0.25) is 5.88 Å². The zero-order valence-corrected chi connectivity index (χ0v) is 12.8. The van der Waals surface area contributed by atoms with Gasteiger partial charge in [-0.25, -0.2) is 4.98 Å². The van der Waals surface area contributed by atoms with Gasteiger partial charge in [0.05, 0.1) is 18.7 Å². The van der Waals surface area contributed by atoms with Gasteiger partial charge in [0.25, 0.3) is 0 Å². The molecule has 0 bridgehead atoms. The van der Waals surface area contributed by atoms with Gasteiger partial charge >= 0.3 is 0 Å². The van der Waals surface area contributed by atoms with Crippen LogP contribution in [-0.4, -0.2) is 12.1 Å². The maximum Gasteiger partial charge on any atom is 0.222 e. The molecule has 0 aliphatic heterocycles. The summed E-state index contributed by atoms with van der Waals surface area (Å²) in [5.74, 6) is 1.63. The van der Waals surface area contributed by atoms with Crippen LogP contribution in [0.4, 0.5) is 0 Å². The molecule has 1 aromatic heterocycles. The Balaban J connectivity index is 2.32. The van der Waals surface area contributed by atoms with Crippen molar-refractivity contribution in [2.75, 3.05) is 7.11 Å². The van der Waals surface area contributed by atoms with Crippen molar-refractivity contribution in [3.8, 4) is 23.4 Å². The quantitative estimate of drug-likeness (QED) is 0.795. The van der Waals surface area contributed by atoms with Crippen LogP contribution in [0.2, 0.25) is 0 Å². The first kappa shape index (κ1) is 14.4. The van der Waals surface area contributed by atoms with Gasteiger partial charge in [-0.1, -0.05) is 15.9 Å². The van der Waals surface area contributed by atoms with E-state index < -0.39 is 0 Å². The van der Waals surface area contributed by atoms with E-state index in [0.29, 0.717) is 22.9 Å². The lowest BCUT2D eigenvalue weighted by molar-refractivity contribution is 0.406. The SMILES string of the molecule is COc1cc(C#N)cc(Oc2ncc(CBr)cc2C)c1. The van der Waals surface area contributed by atoms with Crippen molar-refractivity contribution in [1.29, 1.82) is 5.26 Å². The number of rotatable bonds is 4. The highest BCUT2D eigenvalue weighted by Crippen LogP contribution is 2.28. The molecule has 0 spiro atoms. The Bertz CT molecular complexity index is 665. The van der Waals surface area contributed by atoms with Gasteiger partial charge in [-0.3, -0.25) is 0 Å². The van der Waals surface area contributed by atoms with Crippen LogP contribution in [0.15, 0.2) is 30.5 Å². The number of alkyl halides is 1. The summed E-state index contributed by atoms with van der Waals surface area (Å²) in [6.45, 7) is 1.93. The summed E-state index contributed by atoms with van der Waals surface area (Å²) >= 11 is 3.39. The summed E-state index contributed by atoms with van der Waals surface area (Å²) in [7, 11) is 1.55. The topological polar surface area (TPSA) is 55.1 Å². The van der Waals surface area contributed by atoms with Gasteiger partial charge in [-0.2, -0.15) is 5.26 Å². The van der Waals surface area contributed by atoms with E-state index in [2.05, 4.69) is 27.0 Å². The largest absolute Gasteiger partial charge is 0.497 e. The number of nitriles is 1. The summed E-state index contributed by atoms with van der Waals surface area (Å²) in [6.07, 6.45) is 1.75. The van der Waals surface area contributed by atoms with E-state index >= 15 is 0 Å². The fourth-order valence-corrected chi connectivity index (χ4v) is 2.03. The molecule has 2 aromatic rings. The molecule has 0 saturated heterocycles. The molecule has 0 radical (unpaired) electrons. The Morgan fingerprint density at radius 2 is 2.00 bits per heavy atom. The highest BCUT2D eigenvalue weighted by Gasteiger charge is 2.07. The standard InChI is InChI=1S/C15H13BrN2O2/c1-10-3-12(7-16)9-18-15(10)20-14-5-11(8-17)4-13(6-14)19-2/h3-6,9H,7H2,1-2H3. The summed E-state index contributed by atoms with van der Waals surface area (Å²) in [6, 6.07) is 9.11. The Morgan fingerprint density at radius 3 is 2.60 bits per heavy atom. The molecule has 20 heavy (non-hydrogen) atoms. The maximum absolute atomic E-state index is 8.99. The monoisotopic (exact) mass is 332 g/mol. The van der Waals surface area contributed by atoms with E-state index in [-0.39, 0.29) is 0 Å². The summed E-state index contributed by atoms with van der Waals surface area (Å²) in [4.78, 5) is 4.28. The smallest absolute Gasteiger partial charge is 0.222 e. The molecule has 0 atom stereocenters. The van der Waals surface area contributed by atoms with Crippen LogP contribution < -0.4 is 9.47 Å². The third kappa shape index (κ3) is 3.28. The fraction of sp³-hybridized carbons (Fsp3) is 0.200. The van der Waals surface area contributed by atoms with Crippen molar-refractivity contribution in [3.05, 3.63) is 47.2 Å². The minimum atomic E-state index is 0.481. The van der Waals surface area contributed by atoms with Crippen molar-refractivity contribution in [2.45, 2.75) is 12.3 Å². The average molecular weight is 333 g/mol. The molecule has 0 aliphatic carbocycles. The predicted octanol–water partition coefficient (Wildman–Crippen LogP) is 3.96. The zero-order valence-electron chi connectivity index (χ0n) is 11.2. The van der Waals surface area contributed by atoms with E-state index in [9.17, 15) is 0 Å². The molecule has 102 valence electrons. The molecular weight excluding hydrogens is 320 g/mol. The molecule has 0 amide bonds. The molecule has 0 N–H and O–H groups in total. The van der Waals surface area contributed by atoms with E-state index in [1.165, 1.54) is 0 Å². The van der Waals surface area contributed by atoms with Crippen LogP contribution in [0, 0.1) is 18.3 Å². The van der Waals surface area contributed by atoms with E-state index in [4.69, 9.17) is 14.7 Å². The van der Waals surface area contributed by atoms with Crippen LogP contribution in [0.5, 0.6) is 17.4 Å². The van der Waals surface area contributed by atoms with Crippen molar-refractivity contribution in [3.63, 3.8) is 0 Å². The van der Waals surface area contributed by atoms with Crippen LogP contribution in [-0.2, 0) is 5.33 Å². The van der Waals surface area contributed by atoms with E-state index in [1.54, 1.807) is 31.5 Å². The third-order valence-electron chi connectivity index (χ3n) is 2.70. The van der Waals surface area contributed by atoms with Crippen molar-refractivity contribution >= 4 is 15.9 Å². The molecule has 1 heterocycles. The third-order valence-corrected chi connectivity index (χ3v) is 3.35. The fourth-order valence-electron chi connectivity index (χ4n) is 1.73. The number of hydrogen-bond acceptors (Lipinski definition) is 4. The van der Waals surface area contributed by atoms with Gasteiger partial charge in [-0.05, 0) is 30.7 Å². The minimum Gasteiger partial charge on any atom is -0.497 e. The zero-order chi connectivity index (χ0) is 14.5. The van der Waals surface area contributed by atoms with Gasteiger partial charge in [0, 0.05) is 23.2 Å². The Hall–Kier alpha value is -2.06. The number of aryl methyl sites for hydroxylation is 1. The average Bonchev–Trinajstić information content (AvgIpc) is 2.48. The van der Waals surface area contributed by atoms with Crippen LogP contribution >= 0.6 is 15.9 Å². The number of ether oxygens (including phenoxy) is 2. The Labute approximate surface area is 126 Å². The van der Waals surface area contributed by atoms with Gasteiger partial charge in [0.15, 0.2) is 0 Å². The lowest BCUT2D eigenvalue weighted by Gasteiger charge is -2.10. The van der Waals surface area contributed by atoms with Crippen molar-refractivity contribution in [1.82, 2.24) is 4.98 Å². The molecule has 0 fully saturated rings. The lowest BCUT2D eigenvalue weighted by atomic mass is 10.2. The number of benzene rings is 1. The first-order valence-corrected chi connectivity index (χ1v) is 7.07. The molecule has 2 rings (SSSR count). The second-order valence-electron chi connectivity index (χ2n) is 4.21. The minimum absolute atomic E-state index is 0.481. The number of aromatic nitrogens is 1. The van der Waals surface area contributed by atoms with Gasteiger partial charge < -0.3 is 9.47 Å². The molecule has 0 unspecified atom stereocenters. The van der Waals surface area contributed by atoms with Crippen LogP contribution in [0.1, 0.15) is 16.7 Å². The molecule has 0 saturated carbocycles.